The van der Waals surface area contributed by atoms with E-state index in [9.17, 15) is 4.79 Å². The summed E-state index contributed by atoms with van der Waals surface area (Å²) >= 11 is 3.53. The Balaban J connectivity index is 2.05. The number of nitrogens with zero attached hydrogens (tertiary/aromatic N) is 1. The van der Waals surface area contributed by atoms with Crippen LogP contribution in [0.4, 0.5) is 10.5 Å². The Bertz CT molecular complexity index is 737. The van der Waals surface area contributed by atoms with Crippen LogP contribution in [0.25, 0.3) is 0 Å². The third-order valence-corrected chi connectivity index (χ3v) is 4.57. The first-order valence-electron chi connectivity index (χ1n) is 8.21. The summed E-state index contributed by atoms with van der Waals surface area (Å²) in [5.41, 5.74) is 2.71. The smallest absolute Gasteiger partial charge is 0.415 e. The topological polar surface area (TPSA) is 29.5 Å². The van der Waals surface area contributed by atoms with Crippen LogP contribution in [0.2, 0.25) is 0 Å². The molecule has 0 aromatic heterocycles. The lowest BCUT2D eigenvalue weighted by atomic mass is 9.91. The molecular formula is C20H22BrNO2. The Hall–Kier alpha value is -1.81. The normalized spacial score (nSPS) is 17.3. The third-order valence-electron chi connectivity index (χ3n) is 4.08. The number of ether oxygens (including phenoxy) is 1. The van der Waals surface area contributed by atoms with Crippen LogP contribution in [-0.4, -0.2) is 11.7 Å². The molecule has 0 saturated heterocycles. The van der Waals surface area contributed by atoms with Gasteiger partial charge in [0.05, 0.1) is 11.7 Å². The van der Waals surface area contributed by atoms with E-state index in [1.54, 1.807) is 0 Å². The summed E-state index contributed by atoms with van der Waals surface area (Å²) in [4.78, 5) is 14.8. The summed E-state index contributed by atoms with van der Waals surface area (Å²) in [6.07, 6.45) is 1.54. The molecule has 1 aliphatic heterocycles. The van der Waals surface area contributed by atoms with Gasteiger partial charge in [0.2, 0.25) is 0 Å². The van der Waals surface area contributed by atoms with Crippen LogP contribution in [0.1, 0.15) is 44.4 Å². The Morgan fingerprint density at radius 1 is 1.17 bits per heavy atom. The third kappa shape index (κ3) is 3.64. The molecule has 3 rings (SSSR count). The summed E-state index contributed by atoms with van der Waals surface area (Å²) in [6, 6.07) is 16.3. The Labute approximate surface area is 151 Å². The highest BCUT2D eigenvalue weighted by atomic mass is 79.9. The second-order valence-electron chi connectivity index (χ2n) is 7.09. The molecule has 0 saturated carbocycles. The molecule has 0 radical (unpaired) electrons. The molecule has 0 fully saturated rings. The van der Waals surface area contributed by atoms with Crippen molar-refractivity contribution in [3.63, 3.8) is 0 Å². The van der Waals surface area contributed by atoms with Crippen LogP contribution in [0.3, 0.4) is 0 Å². The maximum atomic E-state index is 13.0. The maximum Gasteiger partial charge on any atom is 0.415 e. The monoisotopic (exact) mass is 387 g/mol. The lowest BCUT2D eigenvalue weighted by Gasteiger charge is -2.38. The minimum atomic E-state index is -0.526. The summed E-state index contributed by atoms with van der Waals surface area (Å²) in [7, 11) is 0. The SMILES string of the molecule is CC(C)(C)OC(=O)N1c2cc(Br)ccc2CCC1c1ccccc1. The molecule has 0 bridgehead atoms. The van der Waals surface area contributed by atoms with Crippen molar-refractivity contribution in [2.45, 2.75) is 45.3 Å². The summed E-state index contributed by atoms with van der Waals surface area (Å²) in [5, 5.41) is 0. The number of hydrogen-bond acceptors (Lipinski definition) is 2. The van der Waals surface area contributed by atoms with E-state index in [-0.39, 0.29) is 12.1 Å². The van der Waals surface area contributed by atoms with Gasteiger partial charge in [0, 0.05) is 4.47 Å². The van der Waals surface area contributed by atoms with Gasteiger partial charge in [0.15, 0.2) is 0 Å². The lowest BCUT2D eigenvalue weighted by molar-refractivity contribution is 0.0560. The highest BCUT2D eigenvalue weighted by molar-refractivity contribution is 9.10. The lowest BCUT2D eigenvalue weighted by Crippen LogP contribution is -2.42. The van der Waals surface area contributed by atoms with Gasteiger partial charge >= 0.3 is 6.09 Å². The van der Waals surface area contributed by atoms with Crippen LogP contribution < -0.4 is 4.90 Å². The van der Waals surface area contributed by atoms with Gasteiger partial charge in [0.25, 0.3) is 0 Å². The average molecular weight is 388 g/mol. The van der Waals surface area contributed by atoms with Crippen LogP contribution in [0, 0.1) is 0 Å². The second-order valence-corrected chi connectivity index (χ2v) is 8.00. The number of rotatable bonds is 1. The maximum absolute atomic E-state index is 13.0. The minimum absolute atomic E-state index is 0.0113. The molecule has 0 aliphatic carbocycles. The van der Waals surface area contributed by atoms with Gasteiger partial charge in [-0.05, 0) is 56.9 Å². The molecule has 1 aliphatic rings. The number of carbonyl (C=O) groups excluding carboxylic acids is 1. The van der Waals surface area contributed by atoms with Crippen molar-refractivity contribution in [3.05, 3.63) is 64.1 Å². The summed E-state index contributed by atoms with van der Waals surface area (Å²) in [6.45, 7) is 5.69. The molecular weight excluding hydrogens is 366 g/mol. The number of carbonyl (C=O) groups is 1. The van der Waals surface area contributed by atoms with E-state index >= 15 is 0 Å². The predicted octanol–water partition coefficient (Wildman–Crippen LogP) is 5.88. The molecule has 1 unspecified atom stereocenters. The Kier molecular flexibility index (Phi) is 4.68. The number of amides is 1. The van der Waals surface area contributed by atoms with Crippen LogP contribution >= 0.6 is 15.9 Å². The van der Waals surface area contributed by atoms with Gasteiger partial charge in [-0.3, -0.25) is 4.90 Å². The van der Waals surface area contributed by atoms with Gasteiger partial charge in [-0.15, -0.1) is 0 Å². The minimum Gasteiger partial charge on any atom is -0.443 e. The Morgan fingerprint density at radius 2 is 1.88 bits per heavy atom. The number of anilines is 1. The molecule has 24 heavy (non-hydrogen) atoms. The summed E-state index contributed by atoms with van der Waals surface area (Å²) < 4.78 is 6.66. The van der Waals surface area contributed by atoms with Crippen LogP contribution in [0.5, 0.6) is 0 Å². The number of fused-ring (bicyclic) bond motifs is 1. The van der Waals surface area contributed by atoms with E-state index in [4.69, 9.17) is 4.74 Å². The van der Waals surface area contributed by atoms with E-state index in [0.717, 1.165) is 28.6 Å². The van der Waals surface area contributed by atoms with Crippen molar-refractivity contribution in [2.24, 2.45) is 0 Å². The average Bonchev–Trinajstić information content (AvgIpc) is 2.52. The van der Waals surface area contributed by atoms with Gasteiger partial charge < -0.3 is 4.74 Å². The first-order valence-corrected chi connectivity index (χ1v) is 9.00. The van der Waals surface area contributed by atoms with E-state index in [1.807, 2.05) is 56.0 Å². The zero-order valence-electron chi connectivity index (χ0n) is 14.3. The van der Waals surface area contributed by atoms with Gasteiger partial charge in [-0.2, -0.15) is 0 Å². The predicted molar refractivity (Wildman–Crippen MR) is 100 cm³/mol. The Morgan fingerprint density at radius 3 is 2.54 bits per heavy atom. The van der Waals surface area contributed by atoms with E-state index in [0.29, 0.717) is 0 Å². The molecule has 0 N–H and O–H groups in total. The number of benzene rings is 2. The fraction of sp³-hybridized carbons (Fsp3) is 0.350. The highest BCUT2D eigenvalue weighted by Gasteiger charge is 2.35. The molecule has 0 spiro atoms. The molecule has 1 amide bonds. The van der Waals surface area contributed by atoms with Crippen molar-refractivity contribution < 1.29 is 9.53 Å². The number of halogens is 1. The van der Waals surface area contributed by atoms with E-state index in [2.05, 4.69) is 34.1 Å². The zero-order chi connectivity index (χ0) is 17.3. The van der Waals surface area contributed by atoms with Crippen molar-refractivity contribution >= 4 is 27.7 Å². The zero-order valence-corrected chi connectivity index (χ0v) is 15.8. The van der Waals surface area contributed by atoms with Gasteiger partial charge in [0.1, 0.15) is 5.60 Å². The number of aryl methyl sites for hydroxylation is 1. The molecule has 4 heteroatoms. The van der Waals surface area contributed by atoms with Gasteiger partial charge in [-0.1, -0.05) is 52.3 Å². The van der Waals surface area contributed by atoms with E-state index in [1.165, 1.54) is 5.56 Å². The second kappa shape index (κ2) is 6.60. The first kappa shape index (κ1) is 17.0. The van der Waals surface area contributed by atoms with Crippen molar-refractivity contribution in [1.29, 1.82) is 0 Å². The molecule has 1 heterocycles. The quantitative estimate of drug-likeness (QED) is 0.611. The molecule has 3 nitrogen and oxygen atoms in total. The van der Waals surface area contributed by atoms with Gasteiger partial charge in [-0.25, -0.2) is 4.79 Å². The number of hydrogen-bond donors (Lipinski definition) is 0. The van der Waals surface area contributed by atoms with Crippen LogP contribution in [-0.2, 0) is 11.2 Å². The summed E-state index contributed by atoms with van der Waals surface area (Å²) in [5.74, 6) is 0. The molecule has 2 aromatic rings. The fourth-order valence-corrected chi connectivity index (χ4v) is 3.44. The van der Waals surface area contributed by atoms with Crippen LogP contribution in [0.15, 0.2) is 53.0 Å². The van der Waals surface area contributed by atoms with Crippen molar-refractivity contribution in [2.75, 3.05) is 4.90 Å². The molecule has 126 valence electrons. The van der Waals surface area contributed by atoms with E-state index < -0.39 is 5.60 Å². The standard InChI is InChI=1S/C20H22BrNO2/c1-20(2,3)24-19(23)22-17(14-7-5-4-6-8-14)12-10-15-9-11-16(21)13-18(15)22/h4-9,11,13,17H,10,12H2,1-3H3. The molecule has 1 atom stereocenters. The fourth-order valence-electron chi connectivity index (χ4n) is 3.09. The van der Waals surface area contributed by atoms with Crippen molar-refractivity contribution in [1.82, 2.24) is 0 Å². The first-order chi connectivity index (χ1) is 11.3. The van der Waals surface area contributed by atoms with Crippen molar-refractivity contribution in [3.8, 4) is 0 Å². The molecule has 2 aromatic carbocycles. The highest BCUT2D eigenvalue weighted by Crippen LogP contribution is 2.40. The largest absolute Gasteiger partial charge is 0.443 e.